The van der Waals surface area contributed by atoms with E-state index in [0.717, 1.165) is 6.07 Å². The number of hydrogen-bond acceptors (Lipinski definition) is 6. The second kappa shape index (κ2) is 5.36. The van der Waals surface area contributed by atoms with E-state index in [1.807, 2.05) is 0 Å². The number of nitro groups is 1. The van der Waals surface area contributed by atoms with E-state index in [1.165, 1.54) is 15.3 Å². The third-order valence-corrected chi connectivity index (χ3v) is 6.21. The summed E-state index contributed by atoms with van der Waals surface area (Å²) in [6.07, 6.45) is 1.41. The van der Waals surface area contributed by atoms with E-state index in [0.29, 0.717) is 12.8 Å². The topological polar surface area (TPSA) is 114 Å². The van der Waals surface area contributed by atoms with Gasteiger partial charge in [0.2, 0.25) is 10.0 Å². The molecule has 9 nitrogen and oxygen atoms in total. The second-order valence-corrected chi connectivity index (χ2v) is 7.54. The van der Waals surface area contributed by atoms with Crippen LogP contribution in [0, 0.1) is 10.1 Å². The molecule has 1 saturated heterocycles. The molecule has 2 heterocycles. The fourth-order valence-electron chi connectivity index (χ4n) is 2.42. The van der Waals surface area contributed by atoms with Gasteiger partial charge >= 0.3 is 5.88 Å². The van der Waals surface area contributed by atoms with Gasteiger partial charge in [0.15, 0.2) is 5.76 Å². The molecule has 2 aliphatic rings. The minimum atomic E-state index is -3.23. The highest BCUT2D eigenvalue weighted by atomic mass is 32.2. The summed E-state index contributed by atoms with van der Waals surface area (Å²) in [7, 11) is -3.23. The highest BCUT2D eigenvalue weighted by Crippen LogP contribution is 2.31. The minimum absolute atomic E-state index is 0.106. The summed E-state index contributed by atoms with van der Waals surface area (Å²) in [5.74, 6) is -1.06. The minimum Gasteiger partial charge on any atom is -0.395 e. The number of carbonyl (C=O) groups is 1. The van der Waals surface area contributed by atoms with Crippen LogP contribution in [0.15, 0.2) is 16.5 Å². The van der Waals surface area contributed by atoms with E-state index < -0.39 is 26.7 Å². The van der Waals surface area contributed by atoms with Crippen molar-refractivity contribution in [3.63, 3.8) is 0 Å². The zero-order chi connectivity index (χ0) is 15.9. The average molecular weight is 329 g/mol. The van der Waals surface area contributed by atoms with Crippen LogP contribution in [0.1, 0.15) is 23.4 Å². The van der Waals surface area contributed by atoms with Gasteiger partial charge in [0, 0.05) is 26.2 Å². The van der Waals surface area contributed by atoms with Crippen molar-refractivity contribution in [2.45, 2.75) is 18.1 Å². The Morgan fingerprint density at radius 3 is 2.36 bits per heavy atom. The first-order valence-electron chi connectivity index (χ1n) is 6.92. The van der Waals surface area contributed by atoms with Crippen LogP contribution in [-0.2, 0) is 10.0 Å². The summed E-state index contributed by atoms with van der Waals surface area (Å²) in [5.41, 5.74) is 0. The first-order chi connectivity index (χ1) is 10.4. The lowest BCUT2D eigenvalue weighted by atomic mass is 10.3. The molecule has 0 unspecified atom stereocenters. The standard InChI is InChI=1S/C12H15N3O6S/c16-12(10-3-4-11(21-10)15(17)18)13-5-7-14(8-6-13)22(19,20)9-1-2-9/h3-4,9H,1-2,5-8H2. The molecule has 3 rings (SSSR count). The lowest BCUT2D eigenvalue weighted by molar-refractivity contribution is -0.402. The molecule has 0 radical (unpaired) electrons. The number of nitrogens with zero attached hydrogens (tertiary/aromatic N) is 3. The Labute approximate surface area is 126 Å². The fourth-order valence-corrected chi connectivity index (χ4v) is 4.24. The molecule has 0 spiro atoms. The summed E-state index contributed by atoms with van der Waals surface area (Å²) in [5, 5.41) is 10.3. The predicted octanol–water partition coefficient (Wildman–Crippen LogP) is 0.438. The van der Waals surface area contributed by atoms with Crippen molar-refractivity contribution in [2.75, 3.05) is 26.2 Å². The summed E-state index contributed by atoms with van der Waals surface area (Å²) >= 11 is 0. The molecule has 1 aliphatic carbocycles. The third kappa shape index (κ3) is 2.71. The molecule has 0 bridgehead atoms. The smallest absolute Gasteiger partial charge is 0.395 e. The summed E-state index contributed by atoms with van der Waals surface area (Å²) in [6.45, 7) is 0.985. The van der Waals surface area contributed by atoms with Crippen molar-refractivity contribution in [2.24, 2.45) is 0 Å². The Bertz CT molecular complexity index is 700. The van der Waals surface area contributed by atoms with Gasteiger partial charge in [-0.05, 0) is 18.9 Å². The molecule has 1 saturated carbocycles. The molecule has 0 atom stereocenters. The van der Waals surface area contributed by atoms with Crippen molar-refractivity contribution >= 4 is 21.8 Å². The molecule has 120 valence electrons. The molecule has 1 amide bonds. The molecule has 22 heavy (non-hydrogen) atoms. The largest absolute Gasteiger partial charge is 0.433 e. The SMILES string of the molecule is O=C(c1ccc([N+](=O)[O-])o1)N1CCN(S(=O)(=O)C2CC2)CC1. The van der Waals surface area contributed by atoms with Gasteiger partial charge in [0.1, 0.15) is 4.92 Å². The van der Waals surface area contributed by atoms with Gasteiger partial charge in [0.25, 0.3) is 5.91 Å². The number of sulfonamides is 1. The molecule has 1 aromatic rings. The first-order valence-corrected chi connectivity index (χ1v) is 8.42. The van der Waals surface area contributed by atoms with Gasteiger partial charge in [-0.3, -0.25) is 14.9 Å². The number of rotatable bonds is 4. The molecular formula is C12H15N3O6S. The number of hydrogen-bond donors (Lipinski definition) is 0. The van der Waals surface area contributed by atoms with Gasteiger partial charge in [-0.15, -0.1) is 0 Å². The van der Waals surface area contributed by atoms with Crippen molar-refractivity contribution in [1.29, 1.82) is 0 Å². The van der Waals surface area contributed by atoms with E-state index in [9.17, 15) is 23.3 Å². The van der Waals surface area contributed by atoms with Crippen molar-refractivity contribution in [3.05, 3.63) is 28.0 Å². The summed E-state index contributed by atoms with van der Waals surface area (Å²) in [6, 6.07) is 2.38. The van der Waals surface area contributed by atoms with E-state index in [1.54, 1.807) is 0 Å². The van der Waals surface area contributed by atoms with Crippen LogP contribution < -0.4 is 0 Å². The highest BCUT2D eigenvalue weighted by Gasteiger charge is 2.41. The lowest BCUT2D eigenvalue weighted by Gasteiger charge is -2.33. The van der Waals surface area contributed by atoms with Gasteiger partial charge < -0.3 is 9.32 Å². The number of piperazine rings is 1. The second-order valence-electron chi connectivity index (χ2n) is 5.33. The van der Waals surface area contributed by atoms with Gasteiger partial charge in [-0.25, -0.2) is 8.42 Å². The van der Waals surface area contributed by atoms with Crippen LogP contribution in [0.5, 0.6) is 0 Å². The quantitative estimate of drug-likeness (QED) is 0.585. The first kappa shape index (κ1) is 15.0. The van der Waals surface area contributed by atoms with Crippen LogP contribution in [0.25, 0.3) is 0 Å². The summed E-state index contributed by atoms with van der Waals surface area (Å²) < 4.78 is 30.5. The molecule has 0 aromatic carbocycles. The molecule has 1 aliphatic heterocycles. The van der Waals surface area contributed by atoms with E-state index in [2.05, 4.69) is 0 Å². The van der Waals surface area contributed by atoms with Crippen LogP contribution in [0.4, 0.5) is 5.88 Å². The molecule has 0 N–H and O–H groups in total. The molecular weight excluding hydrogens is 314 g/mol. The Morgan fingerprint density at radius 1 is 1.23 bits per heavy atom. The average Bonchev–Trinajstić information content (AvgIpc) is 3.24. The van der Waals surface area contributed by atoms with Crippen molar-refractivity contribution in [1.82, 2.24) is 9.21 Å². The van der Waals surface area contributed by atoms with Crippen LogP contribution in [0.3, 0.4) is 0 Å². The van der Waals surface area contributed by atoms with E-state index in [4.69, 9.17) is 4.42 Å². The number of carbonyl (C=O) groups excluding carboxylic acids is 1. The van der Waals surface area contributed by atoms with Gasteiger partial charge in [0.05, 0.1) is 11.3 Å². The predicted molar refractivity (Wildman–Crippen MR) is 74.8 cm³/mol. The lowest BCUT2D eigenvalue weighted by Crippen LogP contribution is -2.51. The van der Waals surface area contributed by atoms with E-state index in [-0.39, 0.29) is 37.2 Å². The van der Waals surface area contributed by atoms with Gasteiger partial charge in [-0.1, -0.05) is 0 Å². The molecule has 1 aromatic heterocycles. The van der Waals surface area contributed by atoms with Crippen molar-refractivity contribution < 1.29 is 22.6 Å². The highest BCUT2D eigenvalue weighted by molar-refractivity contribution is 7.90. The normalized spacial score (nSPS) is 20.1. The van der Waals surface area contributed by atoms with Crippen LogP contribution in [0.2, 0.25) is 0 Å². The van der Waals surface area contributed by atoms with Crippen LogP contribution >= 0.6 is 0 Å². The maximum absolute atomic E-state index is 12.2. The zero-order valence-electron chi connectivity index (χ0n) is 11.7. The monoisotopic (exact) mass is 329 g/mol. The number of furan rings is 1. The van der Waals surface area contributed by atoms with E-state index >= 15 is 0 Å². The van der Waals surface area contributed by atoms with Crippen molar-refractivity contribution in [3.8, 4) is 0 Å². The Balaban J connectivity index is 1.63. The zero-order valence-corrected chi connectivity index (χ0v) is 12.5. The Morgan fingerprint density at radius 2 is 1.86 bits per heavy atom. The third-order valence-electron chi connectivity index (χ3n) is 3.81. The fraction of sp³-hybridized carbons (Fsp3) is 0.583. The maximum atomic E-state index is 12.2. The summed E-state index contributed by atoms with van der Waals surface area (Å²) in [4.78, 5) is 23.5. The molecule has 10 heteroatoms. The Kier molecular flexibility index (Phi) is 3.65. The van der Waals surface area contributed by atoms with Gasteiger partial charge in [-0.2, -0.15) is 4.31 Å². The maximum Gasteiger partial charge on any atom is 0.433 e. The Hall–Kier alpha value is -1.94. The van der Waals surface area contributed by atoms with Crippen LogP contribution in [-0.4, -0.2) is 59.9 Å². The number of amides is 1. The molecule has 2 fully saturated rings.